The molecule has 0 saturated heterocycles. The molecule has 0 aromatic heterocycles. The van der Waals surface area contributed by atoms with Crippen LogP contribution in [0.25, 0.3) is 0 Å². The Kier molecular flexibility index (Phi) is 9.39. The Morgan fingerprint density at radius 2 is 1.62 bits per heavy atom. The Balaban J connectivity index is 0. The van der Waals surface area contributed by atoms with Crippen LogP contribution in [0.5, 0.6) is 0 Å². The predicted molar refractivity (Wildman–Crippen MR) is 57.7 cm³/mol. The highest BCUT2D eigenvalue weighted by Crippen LogP contribution is 2.03. The second-order valence-electron chi connectivity index (χ2n) is 2.23. The molecule has 76 valence electrons. The van der Waals surface area contributed by atoms with Crippen LogP contribution in [0.15, 0.2) is 30.3 Å². The monoisotopic (exact) mass is 225 g/mol. The normalized spacial score (nSPS) is 8.54. The summed E-state index contributed by atoms with van der Waals surface area (Å²) in [6.45, 7) is 0.157. The van der Waals surface area contributed by atoms with Gasteiger partial charge in [0, 0.05) is 5.69 Å². The lowest BCUT2D eigenvalue weighted by Gasteiger charge is -2.06. The molecule has 0 aliphatic rings. The molecular formula is C8H13Cl2NO2. The van der Waals surface area contributed by atoms with Gasteiger partial charge in [-0.15, -0.1) is 24.8 Å². The summed E-state index contributed by atoms with van der Waals surface area (Å²) in [5, 5.41) is 19.9. The first kappa shape index (κ1) is 15.0. The lowest BCUT2D eigenvalue weighted by atomic mass is 10.3. The molecular weight excluding hydrogens is 213 g/mol. The number of nitrogens with one attached hydrogen (secondary N) is 1. The molecule has 0 unspecified atom stereocenters. The van der Waals surface area contributed by atoms with E-state index in [0.717, 1.165) is 5.69 Å². The molecule has 5 heteroatoms. The highest BCUT2D eigenvalue weighted by molar-refractivity contribution is 5.85. The third-order valence-corrected chi connectivity index (χ3v) is 1.26. The van der Waals surface area contributed by atoms with E-state index in [1.807, 2.05) is 30.3 Å². The van der Waals surface area contributed by atoms with Crippen LogP contribution in [-0.2, 0) is 0 Å². The molecule has 0 bridgehead atoms. The summed E-state index contributed by atoms with van der Waals surface area (Å²) in [5.74, 6) is 0. The van der Waals surface area contributed by atoms with E-state index in [9.17, 15) is 0 Å². The van der Waals surface area contributed by atoms with Crippen LogP contribution >= 0.6 is 24.8 Å². The van der Waals surface area contributed by atoms with Gasteiger partial charge in [0.2, 0.25) is 0 Å². The number of halogens is 2. The molecule has 0 amide bonds. The highest BCUT2D eigenvalue weighted by atomic mass is 35.5. The SMILES string of the molecule is Cl.Cl.OC(O)CNc1ccccc1. The smallest absolute Gasteiger partial charge is 0.169 e. The Hall–Kier alpha value is -0.480. The molecule has 0 fully saturated rings. The zero-order valence-corrected chi connectivity index (χ0v) is 8.52. The fourth-order valence-electron chi connectivity index (χ4n) is 0.765. The molecule has 1 aromatic rings. The van der Waals surface area contributed by atoms with Crippen LogP contribution in [0.2, 0.25) is 0 Å². The first-order valence-electron chi connectivity index (χ1n) is 3.44. The van der Waals surface area contributed by atoms with Crippen LogP contribution in [0.4, 0.5) is 5.69 Å². The van der Waals surface area contributed by atoms with E-state index >= 15 is 0 Å². The van der Waals surface area contributed by atoms with Gasteiger partial charge in [-0.05, 0) is 12.1 Å². The van der Waals surface area contributed by atoms with Crippen LogP contribution in [-0.4, -0.2) is 23.0 Å². The minimum absolute atomic E-state index is 0. The third-order valence-electron chi connectivity index (χ3n) is 1.26. The van der Waals surface area contributed by atoms with Crippen molar-refractivity contribution < 1.29 is 10.2 Å². The van der Waals surface area contributed by atoms with E-state index in [1.165, 1.54) is 0 Å². The molecule has 0 aliphatic heterocycles. The molecule has 0 aliphatic carbocycles. The zero-order valence-electron chi connectivity index (χ0n) is 6.88. The molecule has 13 heavy (non-hydrogen) atoms. The van der Waals surface area contributed by atoms with Crippen molar-refractivity contribution in [3.8, 4) is 0 Å². The molecule has 3 nitrogen and oxygen atoms in total. The molecule has 1 aromatic carbocycles. The van der Waals surface area contributed by atoms with Crippen molar-refractivity contribution >= 4 is 30.5 Å². The number of para-hydroxylation sites is 1. The minimum Gasteiger partial charge on any atom is -0.380 e. The third kappa shape index (κ3) is 6.66. The summed E-state index contributed by atoms with van der Waals surface area (Å²) in [7, 11) is 0. The van der Waals surface area contributed by atoms with Gasteiger partial charge in [-0.1, -0.05) is 18.2 Å². The van der Waals surface area contributed by atoms with E-state index in [4.69, 9.17) is 10.2 Å². The van der Waals surface area contributed by atoms with Crippen molar-refractivity contribution in [1.82, 2.24) is 0 Å². The number of rotatable bonds is 3. The standard InChI is InChI=1S/C8H11NO2.2ClH/c10-8(11)6-9-7-4-2-1-3-5-7;;/h1-5,8-11H,6H2;2*1H. The number of aliphatic hydroxyl groups is 2. The van der Waals surface area contributed by atoms with E-state index in [1.54, 1.807) is 0 Å². The van der Waals surface area contributed by atoms with Gasteiger partial charge in [0.1, 0.15) is 0 Å². The zero-order chi connectivity index (χ0) is 8.10. The van der Waals surface area contributed by atoms with Crippen LogP contribution in [0, 0.1) is 0 Å². The van der Waals surface area contributed by atoms with Crippen molar-refractivity contribution in [2.75, 3.05) is 11.9 Å². The fourth-order valence-corrected chi connectivity index (χ4v) is 0.765. The maximum atomic E-state index is 8.51. The average Bonchev–Trinajstić information content (AvgIpc) is 2.03. The molecule has 0 spiro atoms. The second-order valence-corrected chi connectivity index (χ2v) is 2.23. The number of anilines is 1. The number of hydrogen-bond acceptors (Lipinski definition) is 3. The largest absolute Gasteiger partial charge is 0.380 e. The summed E-state index contributed by atoms with van der Waals surface area (Å²) in [6, 6.07) is 9.39. The molecule has 0 atom stereocenters. The van der Waals surface area contributed by atoms with Crippen LogP contribution in [0.1, 0.15) is 0 Å². The first-order valence-corrected chi connectivity index (χ1v) is 3.44. The van der Waals surface area contributed by atoms with Gasteiger partial charge < -0.3 is 15.5 Å². The quantitative estimate of drug-likeness (QED) is 0.680. The van der Waals surface area contributed by atoms with Crippen molar-refractivity contribution in [3.63, 3.8) is 0 Å². The average molecular weight is 226 g/mol. The lowest BCUT2D eigenvalue weighted by molar-refractivity contribution is -0.0275. The van der Waals surface area contributed by atoms with Gasteiger partial charge >= 0.3 is 0 Å². The second kappa shape index (κ2) is 8.13. The molecule has 1 rings (SSSR count). The molecule has 3 N–H and O–H groups in total. The van der Waals surface area contributed by atoms with Gasteiger partial charge in [0.25, 0.3) is 0 Å². The van der Waals surface area contributed by atoms with Crippen molar-refractivity contribution in [3.05, 3.63) is 30.3 Å². The Morgan fingerprint density at radius 1 is 1.08 bits per heavy atom. The highest BCUT2D eigenvalue weighted by Gasteiger charge is 1.94. The van der Waals surface area contributed by atoms with Gasteiger partial charge in [-0.2, -0.15) is 0 Å². The molecule has 0 saturated carbocycles. The maximum Gasteiger partial charge on any atom is 0.169 e. The maximum absolute atomic E-state index is 8.51. The Bertz CT molecular complexity index is 207. The number of benzene rings is 1. The predicted octanol–water partition coefficient (Wildman–Crippen LogP) is 1.25. The minimum atomic E-state index is -1.30. The Morgan fingerprint density at radius 3 is 2.08 bits per heavy atom. The number of hydrogen-bond donors (Lipinski definition) is 3. The van der Waals surface area contributed by atoms with Crippen molar-refractivity contribution in [2.45, 2.75) is 6.29 Å². The summed E-state index contributed by atoms with van der Waals surface area (Å²) >= 11 is 0. The Labute approximate surface area is 89.6 Å². The number of aliphatic hydroxyl groups excluding tert-OH is 1. The van der Waals surface area contributed by atoms with E-state index in [-0.39, 0.29) is 31.4 Å². The van der Waals surface area contributed by atoms with Crippen molar-refractivity contribution in [2.24, 2.45) is 0 Å². The summed E-state index contributed by atoms with van der Waals surface area (Å²) in [5.41, 5.74) is 0.889. The lowest BCUT2D eigenvalue weighted by Crippen LogP contribution is -2.17. The summed E-state index contributed by atoms with van der Waals surface area (Å²) < 4.78 is 0. The van der Waals surface area contributed by atoms with Gasteiger partial charge in [0.05, 0.1) is 6.54 Å². The first-order chi connectivity index (χ1) is 5.29. The van der Waals surface area contributed by atoms with Gasteiger partial charge in [-0.3, -0.25) is 0 Å². The van der Waals surface area contributed by atoms with E-state index in [2.05, 4.69) is 5.32 Å². The molecule has 0 radical (unpaired) electrons. The van der Waals surface area contributed by atoms with Crippen LogP contribution < -0.4 is 5.32 Å². The van der Waals surface area contributed by atoms with Gasteiger partial charge in [0.15, 0.2) is 6.29 Å². The summed E-state index contributed by atoms with van der Waals surface area (Å²) in [6.07, 6.45) is -1.30. The fraction of sp³-hybridized carbons (Fsp3) is 0.250. The van der Waals surface area contributed by atoms with E-state index < -0.39 is 6.29 Å². The van der Waals surface area contributed by atoms with Gasteiger partial charge in [-0.25, -0.2) is 0 Å². The van der Waals surface area contributed by atoms with Crippen molar-refractivity contribution in [1.29, 1.82) is 0 Å². The topological polar surface area (TPSA) is 52.5 Å². The van der Waals surface area contributed by atoms with E-state index in [0.29, 0.717) is 0 Å². The summed E-state index contributed by atoms with van der Waals surface area (Å²) in [4.78, 5) is 0. The molecule has 0 heterocycles. The van der Waals surface area contributed by atoms with Crippen LogP contribution in [0.3, 0.4) is 0 Å².